The van der Waals surface area contributed by atoms with E-state index < -0.39 is 5.79 Å². The molecule has 0 bridgehead atoms. The molecule has 3 aliphatic rings. The molecule has 0 aromatic carbocycles. The Kier molecular flexibility index (Phi) is 5.63. The van der Waals surface area contributed by atoms with Gasteiger partial charge in [0.15, 0.2) is 0 Å². The van der Waals surface area contributed by atoms with Crippen molar-refractivity contribution in [1.29, 1.82) is 0 Å². The van der Waals surface area contributed by atoms with E-state index in [2.05, 4.69) is 26.3 Å². The molecule has 5 heterocycles. The van der Waals surface area contributed by atoms with Crippen LogP contribution in [-0.4, -0.2) is 64.0 Å². The molecule has 36 heavy (non-hydrogen) atoms. The molecule has 2 aliphatic heterocycles. The van der Waals surface area contributed by atoms with Crippen LogP contribution in [0.5, 0.6) is 0 Å². The second-order valence-electron chi connectivity index (χ2n) is 10.1. The van der Waals surface area contributed by atoms with E-state index in [0.717, 1.165) is 42.0 Å². The van der Waals surface area contributed by atoms with Crippen molar-refractivity contribution in [2.75, 3.05) is 23.7 Å². The van der Waals surface area contributed by atoms with Gasteiger partial charge >= 0.3 is 0 Å². The van der Waals surface area contributed by atoms with Crippen LogP contribution >= 0.6 is 11.3 Å². The molecule has 3 aromatic rings. The largest absolute Gasteiger partial charge is 0.396 e. The first kappa shape index (κ1) is 23.5. The van der Waals surface area contributed by atoms with E-state index in [4.69, 9.17) is 25.9 Å². The van der Waals surface area contributed by atoms with Crippen molar-refractivity contribution in [3.05, 3.63) is 40.2 Å². The van der Waals surface area contributed by atoms with Crippen molar-refractivity contribution in [2.45, 2.75) is 70.1 Å². The van der Waals surface area contributed by atoms with E-state index in [1.807, 2.05) is 26.8 Å². The summed E-state index contributed by atoms with van der Waals surface area (Å²) in [6.07, 6.45) is 4.00. The summed E-state index contributed by atoms with van der Waals surface area (Å²) in [6, 6.07) is 3.91. The third-order valence-corrected chi connectivity index (χ3v) is 8.59. The van der Waals surface area contributed by atoms with Gasteiger partial charge in [0.2, 0.25) is 5.79 Å². The molecule has 1 aliphatic carbocycles. The molecule has 0 radical (unpaired) electrons. The number of carbonyl (C=O) groups is 1. The smallest absolute Gasteiger partial charge is 0.263 e. The lowest BCUT2D eigenvalue weighted by atomic mass is 9.91. The minimum atomic E-state index is -0.774. The van der Waals surface area contributed by atoms with Gasteiger partial charge in [0.1, 0.15) is 21.0 Å². The highest BCUT2D eigenvalue weighted by Gasteiger charge is 2.54. The SMILES string of the molecule is Cc1cnc2c(N)c(C(=O)NC3CCc4nc(N5CC(N)C6(C5)OC(C)C(C)O6)ccc4C3)sc2n1. The second-order valence-corrected chi connectivity index (χ2v) is 11.1. The first-order chi connectivity index (χ1) is 17.2. The molecule has 5 N–H and O–H groups in total. The maximum absolute atomic E-state index is 13.0. The number of carbonyl (C=O) groups excluding carboxylic acids is 1. The second kappa shape index (κ2) is 8.62. The normalized spacial score (nSPS) is 29.7. The number of nitrogens with zero attached hydrogens (tertiary/aromatic N) is 4. The summed E-state index contributed by atoms with van der Waals surface area (Å²) >= 11 is 1.29. The average Bonchev–Trinajstić information content (AvgIpc) is 3.45. The highest BCUT2D eigenvalue weighted by molar-refractivity contribution is 7.21. The summed E-state index contributed by atoms with van der Waals surface area (Å²) in [5.41, 5.74) is 16.6. The molecule has 6 rings (SSSR count). The van der Waals surface area contributed by atoms with Crippen LogP contribution in [0.2, 0.25) is 0 Å². The first-order valence-corrected chi connectivity index (χ1v) is 13.2. The number of ether oxygens (including phenoxy) is 2. The lowest BCUT2D eigenvalue weighted by Gasteiger charge is -2.27. The summed E-state index contributed by atoms with van der Waals surface area (Å²) < 4.78 is 12.3. The Balaban J connectivity index is 1.14. The average molecular weight is 510 g/mol. The number of pyridine rings is 1. The predicted octanol–water partition coefficient (Wildman–Crippen LogP) is 1.93. The molecule has 10 nitrogen and oxygen atoms in total. The van der Waals surface area contributed by atoms with Gasteiger partial charge in [-0.2, -0.15) is 0 Å². The van der Waals surface area contributed by atoms with Gasteiger partial charge in [0.05, 0.1) is 36.2 Å². The lowest BCUT2D eigenvalue weighted by Crippen LogP contribution is -2.48. The zero-order valence-electron chi connectivity index (χ0n) is 20.7. The van der Waals surface area contributed by atoms with E-state index in [0.29, 0.717) is 34.0 Å². The molecule has 0 saturated carbocycles. The molecule has 3 aromatic heterocycles. The number of nitrogens with two attached hydrogens (primary N) is 2. The van der Waals surface area contributed by atoms with E-state index >= 15 is 0 Å². The highest BCUT2D eigenvalue weighted by atomic mass is 32.1. The van der Waals surface area contributed by atoms with Gasteiger partial charge in [0, 0.05) is 24.5 Å². The molecule has 2 saturated heterocycles. The number of amides is 1. The Bertz CT molecular complexity index is 1330. The van der Waals surface area contributed by atoms with Crippen molar-refractivity contribution in [2.24, 2.45) is 5.73 Å². The Morgan fingerprint density at radius 3 is 2.81 bits per heavy atom. The van der Waals surface area contributed by atoms with Gasteiger partial charge in [0.25, 0.3) is 5.91 Å². The third-order valence-electron chi connectivity index (χ3n) is 7.50. The Labute approximate surface area is 213 Å². The maximum Gasteiger partial charge on any atom is 0.263 e. The number of aromatic nitrogens is 3. The van der Waals surface area contributed by atoms with Crippen molar-refractivity contribution in [3.8, 4) is 0 Å². The minimum Gasteiger partial charge on any atom is -0.396 e. The van der Waals surface area contributed by atoms with Crippen LogP contribution in [-0.2, 0) is 22.3 Å². The van der Waals surface area contributed by atoms with E-state index in [1.165, 1.54) is 11.3 Å². The molecule has 4 unspecified atom stereocenters. The fourth-order valence-corrected chi connectivity index (χ4v) is 6.39. The van der Waals surface area contributed by atoms with Crippen molar-refractivity contribution >= 4 is 39.1 Å². The summed E-state index contributed by atoms with van der Waals surface area (Å²) in [5.74, 6) is -0.0649. The molecular formula is C25H31N7O3S. The minimum absolute atomic E-state index is 0.0108. The molecule has 2 fully saturated rings. The van der Waals surface area contributed by atoms with Crippen molar-refractivity contribution in [3.63, 3.8) is 0 Å². The van der Waals surface area contributed by atoms with Crippen LogP contribution in [0.25, 0.3) is 10.3 Å². The number of rotatable bonds is 3. The number of anilines is 2. The monoisotopic (exact) mass is 509 g/mol. The van der Waals surface area contributed by atoms with Crippen LogP contribution in [0, 0.1) is 6.92 Å². The molecule has 11 heteroatoms. The number of hydrogen-bond donors (Lipinski definition) is 3. The number of thiophene rings is 1. The summed E-state index contributed by atoms with van der Waals surface area (Å²) in [5, 5.41) is 3.16. The molecule has 1 amide bonds. The van der Waals surface area contributed by atoms with Crippen LogP contribution < -0.4 is 21.7 Å². The number of nitrogen functional groups attached to an aromatic ring is 1. The number of fused-ring (bicyclic) bond motifs is 2. The topological polar surface area (TPSA) is 142 Å². The number of hydrogen-bond acceptors (Lipinski definition) is 10. The van der Waals surface area contributed by atoms with Crippen molar-refractivity contribution < 1.29 is 14.3 Å². The van der Waals surface area contributed by atoms with Crippen LogP contribution in [0.3, 0.4) is 0 Å². The standard InChI is InChI=1S/C25H31N7O3S/c1-12-9-28-21-20(27)22(36-24(21)29-12)23(33)30-16-5-6-17-15(8-16)4-7-19(31-17)32-10-18(26)25(11-32)34-13(2)14(3)35-25/h4,7,9,13-14,16,18H,5-6,8,10-11,26-27H2,1-3H3,(H,30,33). The molecule has 1 spiro atoms. The van der Waals surface area contributed by atoms with Gasteiger partial charge in [-0.15, -0.1) is 11.3 Å². The van der Waals surface area contributed by atoms with Crippen LogP contribution in [0.15, 0.2) is 18.3 Å². The van der Waals surface area contributed by atoms with E-state index in [1.54, 1.807) is 6.20 Å². The molecular weight excluding hydrogens is 478 g/mol. The highest BCUT2D eigenvalue weighted by Crippen LogP contribution is 2.38. The predicted molar refractivity (Wildman–Crippen MR) is 138 cm³/mol. The quantitative estimate of drug-likeness (QED) is 0.483. The van der Waals surface area contributed by atoms with Crippen LogP contribution in [0.1, 0.15) is 46.9 Å². The van der Waals surface area contributed by atoms with Gasteiger partial charge in [-0.25, -0.2) is 15.0 Å². The number of nitrogens with one attached hydrogen (secondary N) is 1. The zero-order valence-corrected chi connectivity index (χ0v) is 21.5. The Hall–Kier alpha value is -2.86. The summed E-state index contributed by atoms with van der Waals surface area (Å²) in [7, 11) is 0. The first-order valence-electron chi connectivity index (χ1n) is 12.4. The van der Waals surface area contributed by atoms with Gasteiger partial charge in [-0.05, 0) is 51.7 Å². The third kappa shape index (κ3) is 3.90. The van der Waals surface area contributed by atoms with E-state index in [9.17, 15) is 4.79 Å². The van der Waals surface area contributed by atoms with Gasteiger partial charge in [-0.3, -0.25) is 4.79 Å². The lowest BCUT2D eigenvalue weighted by molar-refractivity contribution is -0.164. The van der Waals surface area contributed by atoms with E-state index in [-0.39, 0.29) is 30.2 Å². The molecule has 190 valence electrons. The summed E-state index contributed by atoms with van der Waals surface area (Å²) in [6.45, 7) is 7.10. The fraction of sp³-hybridized carbons (Fsp3) is 0.520. The fourth-order valence-electron chi connectivity index (χ4n) is 5.39. The number of aryl methyl sites for hydroxylation is 2. The Morgan fingerprint density at radius 2 is 2.03 bits per heavy atom. The Morgan fingerprint density at radius 1 is 1.25 bits per heavy atom. The van der Waals surface area contributed by atoms with Crippen molar-refractivity contribution in [1.82, 2.24) is 20.3 Å². The van der Waals surface area contributed by atoms with Gasteiger partial charge < -0.3 is 31.2 Å². The van der Waals surface area contributed by atoms with Gasteiger partial charge in [-0.1, -0.05) is 6.07 Å². The zero-order chi connectivity index (χ0) is 25.2. The maximum atomic E-state index is 13.0. The van der Waals surface area contributed by atoms with Crippen LogP contribution in [0.4, 0.5) is 11.5 Å². The summed E-state index contributed by atoms with van der Waals surface area (Å²) in [4.78, 5) is 30.1. The molecule has 4 atom stereocenters.